The number of carboxylic acid groups (broad SMARTS) is 1. The highest BCUT2D eigenvalue weighted by Crippen LogP contribution is 2.36. The number of aliphatic carboxylic acids is 1. The van der Waals surface area contributed by atoms with Crippen LogP contribution in [0.15, 0.2) is 0 Å². The largest absolute Gasteiger partial charge is 0.481 e. The average molecular weight is 296 g/mol. The van der Waals surface area contributed by atoms with Crippen molar-refractivity contribution in [2.75, 3.05) is 0 Å². The van der Waals surface area contributed by atoms with Crippen LogP contribution in [0, 0.1) is 11.8 Å². The van der Waals surface area contributed by atoms with Gasteiger partial charge in [0.2, 0.25) is 0 Å². The van der Waals surface area contributed by atoms with Gasteiger partial charge in [0.15, 0.2) is 0 Å². The Kier molecular flexibility index (Phi) is 9.36. The van der Waals surface area contributed by atoms with E-state index in [9.17, 15) is 9.59 Å². The third kappa shape index (κ3) is 7.63. The first-order valence-electron chi connectivity index (χ1n) is 8.89. The second-order valence-corrected chi connectivity index (χ2v) is 6.57. The second kappa shape index (κ2) is 10.8. The highest BCUT2D eigenvalue weighted by Gasteiger charge is 2.33. The van der Waals surface area contributed by atoms with E-state index in [4.69, 9.17) is 5.11 Å². The normalized spacial score (nSPS) is 21.9. The van der Waals surface area contributed by atoms with Crippen molar-refractivity contribution in [2.24, 2.45) is 11.8 Å². The maximum atomic E-state index is 12.0. The van der Waals surface area contributed by atoms with Crippen LogP contribution in [0.4, 0.5) is 0 Å². The number of rotatable bonds is 12. The molecule has 1 aliphatic rings. The molecule has 3 nitrogen and oxygen atoms in total. The highest BCUT2D eigenvalue weighted by atomic mass is 16.4. The fourth-order valence-corrected chi connectivity index (χ4v) is 3.55. The summed E-state index contributed by atoms with van der Waals surface area (Å²) in [7, 11) is 0. The SMILES string of the molecule is CCCCC[C@H]1C(=O)CC[C@H]1CCCCCCCC(=O)O. The summed E-state index contributed by atoms with van der Waals surface area (Å²) in [6.45, 7) is 2.21. The first kappa shape index (κ1) is 18.2. The minimum atomic E-state index is -0.686. The van der Waals surface area contributed by atoms with E-state index in [1.807, 2.05) is 0 Å². The van der Waals surface area contributed by atoms with Crippen molar-refractivity contribution in [3.63, 3.8) is 0 Å². The smallest absolute Gasteiger partial charge is 0.303 e. The van der Waals surface area contributed by atoms with Crippen molar-refractivity contribution < 1.29 is 14.7 Å². The Morgan fingerprint density at radius 2 is 1.71 bits per heavy atom. The van der Waals surface area contributed by atoms with E-state index in [1.54, 1.807) is 0 Å². The van der Waals surface area contributed by atoms with Gasteiger partial charge in [-0.25, -0.2) is 0 Å². The zero-order valence-electron chi connectivity index (χ0n) is 13.6. The van der Waals surface area contributed by atoms with Crippen LogP contribution in [-0.4, -0.2) is 16.9 Å². The molecule has 0 aliphatic heterocycles. The van der Waals surface area contributed by atoms with E-state index < -0.39 is 5.97 Å². The molecule has 2 atom stereocenters. The quantitative estimate of drug-likeness (QED) is 0.517. The topological polar surface area (TPSA) is 54.4 Å². The third-order valence-electron chi connectivity index (χ3n) is 4.83. The number of hydrogen-bond donors (Lipinski definition) is 1. The van der Waals surface area contributed by atoms with Gasteiger partial charge in [0.25, 0.3) is 0 Å². The molecule has 1 N–H and O–H groups in total. The van der Waals surface area contributed by atoms with Gasteiger partial charge in [0.05, 0.1) is 0 Å². The molecule has 3 heteroatoms. The summed E-state index contributed by atoms with van der Waals surface area (Å²) in [5, 5.41) is 8.57. The molecule has 0 aromatic heterocycles. The van der Waals surface area contributed by atoms with Crippen molar-refractivity contribution in [1.82, 2.24) is 0 Å². The molecule has 0 amide bonds. The van der Waals surface area contributed by atoms with Gasteiger partial charge in [0, 0.05) is 18.8 Å². The highest BCUT2D eigenvalue weighted by molar-refractivity contribution is 5.83. The van der Waals surface area contributed by atoms with Crippen molar-refractivity contribution >= 4 is 11.8 Å². The summed E-state index contributed by atoms with van der Waals surface area (Å²) in [4.78, 5) is 22.4. The molecule has 0 aromatic carbocycles. The maximum absolute atomic E-state index is 12.0. The summed E-state index contributed by atoms with van der Waals surface area (Å²) >= 11 is 0. The Labute approximate surface area is 129 Å². The van der Waals surface area contributed by atoms with Crippen molar-refractivity contribution in [3.05, 3.63) is 0 Å². The lowest BCUT2D eigenvalue weighted by Crippen LogP contribution is -2.14. The minimum absolute atomic E-state index is 0.302. The predicted octanol–water partition coefficient (Wildman–Crippen LogP) is 4.98. The first-order chi connectivity index (χ1) is 10.1. The molecule has 1 rings (SSSR count). The van der Waals surface area contributed by atoms with Crippen LogP contribution in [0.3, 0.4) is 0 Å². The molecule has 0 spiro atoms. The van der Waals surface area contributed by atoms with E-state index in [2.05, 4.69) is 6.92 Å². The van der Waals surface area contributed by atoms with E-state index in [0.717, 1.165) is 38.5 Å². The number of unbranched alkanes of at least 4 members (excludes halogenated alkanes) is 6. The molecule has 0 aromatic rings. The van der Waals surface area contributed by atoms with Gasteiger partial charge in [-0.1, -0.05) is 51.9 Å². The summed E-state index contributed by atoms with van der Waals surface area (Å²) < 4.78 is 0. The Balaban J connectivity index is 2.09. The molecule has 0 saturated heterocycles. The molecule has 21 heavy (non-hydrogen) atoms. The third-order valence-corrected chi connectivity index (χ3v) is 4.83. The summed E-state index contributed by atoms with van der Waals surface area (Å²) in [6.07, 6.45) is 13.5. The number of Topliss-reactive ketones (excluding diaryl/α,β-unsaturated/α-hetero) is 1. The maximum Gasteiger partial charge on any atom is 0.303 e. The standard InChI is InChI=1S/C18H32O3/c1-2-3-7-11-16-15(13-14-17(16)19)10-8-5-4-6-9-12-18(20)21/h15-16H,2-14H2,1H3,(H,20,21)/t15-,16-/m1/s1. The van der Waals surface area contributed by atoms with Crippen molar-refractivity contribution in [2.45, 2.75) is 90.4 Å². The lowest BCUT2D eigenvalue weighted by molar-refractivity contribution is -0.137. The first-order valence-corrected chi connectivity index (χ1v) is 8.89. The van der Waals surface area contributed by atoms with Crippen LogP contribution >= 0.6 is 0 Å². The molecule has 0 unspecified atom stereocenters. The number of carbonyl (C=O) groups is 2. The predicted molar refractivity (Wildman–Crippen MR) is 85.3 cm³/mol. The average Bonchev–Trinajstić information content (AvgIpc) is 2.79. The Bertz CT molecular complexity index is 312. The Morgan fingerprint density at radius 1 is 1.05 bits per heavy atom. The van der Waals surface area contributed by atoms with Crippen LogP contribution in [0.25, 0.3) is 0 Å². The van der Waals surface area contributed by atoms with Gasteiger partial charge >= 0.3 is 5.97 Å². The summed E-state index contributed by atoms with van der Waals surface area (Å²) in [5.41, 5.74) is 0. The van der Waals surface area contributed by atoms with Gasteiger partial charge in [-0.05, 0) is 31.6 Å². The molecule has 0 heterocycles. The fraction of sp³-hybridized carbons (Fsp3) is 0.889. The van der Waals surface area contributed by atoms with Crippen LogP contribution in [0.5, 0.6) is 0 Å². The summed E-state index contributed by atoms with van der Waals surface area (Å²) in [6, 6.07) is 0. The van der Waals surface area contributed by atoms with Gasteiger partial charge in [0.1, 0.15) is 5.78 Å². The van der Waals surface area contributed by atoms with E-state index in [0.29, 0.717) is 24.0 Å². The molecule has 1 saturated carbocycles. The van der Waals surface area contributed by atoms with Crippen LogP contribution in [0.1, 0.15) is 90.4 Å². The fourth-order valence-electron chi connectivity index (χ4n) is 3.55. The van der Waals surface area contributed by atoms with Gasteiger partial charge in [-0.3, -0.25) is 9.59 Å². The van der Waals surface area contributed by atoms with Crippen LogP contribution < -0.4 is 0 Å². The van der Waals surface area contributed by atoms with E-state index in [-0.39, 0.29) is 0 Å². The molecule has 1 aliphatic carbocycles. The van der Waals surface area contributed by atoms with E-state index in [1.165, 1.54) is 38.5 Å². The molecular formula is C18H32O3. The van der Waals surface area contributed by atoms with Crippen molar-refractivity contribution in [3.8, 4) is 0 Å². The second-order valence-electron chi connectivity index (χ2n) is 6.57. The monoisotopic (exact) mass is 296 g/mol. The van der Waals surface area contributed by atoms with Gasteiger partial charge in [-0.15, -0.1) is 0 Å². The van der Waals surface area contributed by atoms with Gasteiger partial charge in [-0.2, -0.15) is 0 Å². The number of ketones is 1. The zero-order valence-corrected chi connectivity index (χ0v) is 13.6. The van der Waals surface area contributed by atoms with Crippen LogP contribution in [-0.2, 0) is 9.59 Å². The minimum Gasteiger partial charge on any atom is -0.481 e. The lowest BCUT2D eigenvalue weighted by Gasteiger charge is -2.18. The number of carbonyl (C=O) groups excluding carboxylic acids is 1. The number of hydrogen-bond acceptors (Lipinski definition) is 2. The Morgan fingerprint density at radius 3 is 2.43 bits per heavy atom. The summed E-state index contributed by atoms with van der Waals surface area (Å²) in [5.74, 6) is 0.809. The van der Waals surface area contributed by atoms with E-state index >= 15 is 0 Å². The molecular weight excluding hydrogens is 264 g/mol. The number of carboxylic acids is 1. The zero-order chi connectivity index (χ0) is 15.5. The Hall–Kier alpha value is -0.860. The molecule has 0 radical (unpaired) electrons. The molecule has 1 fully saturated rings. The molecule has 0 bridgehead atoms. The lowest BCUT2D eigenvalue weighted by atomic mass is 9.86. The van der Waals surface area contributed by atoms with Crippen LogP contribution in [0.2, 0.25) is 0 Å². The van der Waals surface area contributed by atoms with Gasteiger partial charge < -0.3 is 5.11 Å². The molecule has 122 valence electrons. The van der Waals surface area contributed by atoms with Crippen molar-refractivity contribution in [1.29, 1.82) is 0 Å².